The van der Waals surface area contributed by atoms with E-state index in [0.717, 1.165) is 41.5 Å². The molecule has 1 aromatic carbocycles. The van der Waals surface area contributed by atoms with Crippen LogP contribution in [0.5, 0.6) is 0 Å². The Morgan fingerprint density at radius 1 is 1.45 bits per heavy atom. The Morgan fingerprint density at radius 3 is 2.75 bits per heavy atom. The third-order valence-electron chi connectivity index (χ3n) is 3.78. The minimum Gasteiger partial charge on any atom is -0.338 e. The van der Waals surface area contributed by atoms with Crippen LogP contribution in [0.25, 0.3) is 0 Å². The first-order chi connectivity index (χ1) is 8.97. The fraction of sp³-hybridized carbons (Fsp3) is 0.533. The number of halogens is 2. The maximum Gasteiger partial charge on any atom is 0.253 e. The molecule has 1 fully saturated rings. The van der Waals surface area contributed by atoms with Crippen molar-refractivity contribution in [2.75, 3.05) is 13.1 Å². The Labute approximate surface area is 135 Å². The van der Waals surface area contributed by atoms with E-state index in [-0.39, 0.29) is 24.4 Å². The van der Waals surface area contributed by atoms with Crippen molar-refractivity contribution in [1.82, 2.24) is 4.90 Å². The Morgan fingerprint density at radius 2 is 2.15 bits per heavy atom. The van der Waals surface area contributed by atoms with Crippen molar-refractivity contribution in [3.8, 4) is 0 Å². The Bertz CT molecular complexity index is 459. The molecule has 20 heavy (non-hydrogen) atoms. The number of piperidine rings is 1. The summed E-state index contributed by atoms with van der Waals surface area (Å²) in [6.07, 6.45) is 2.17. The van der Waals surface area contributed by atoms with Gasteiger partial charge < -0.3 is 10.6 Å². The number of nitrogens with two attached hydrogens (primary N) is 1. The average molecular weight is 362 g/mol. The normalized spacial score (nSPS) is 20.2. The second-order valence-corrected chi connectivity index (χ2v) is 6.45. The maximum atomic E-state index is 12.5. The molecule has 1 aliphatic rings. The third-order valence-corrected chi connectivity index (χ3v) is 4.24. The predicted octanol–water partition coefficient (Wildman–Crippen LogP) is 3.38. The van der Waals surface area contributed by atoms with Gasteiger partial charge in [0.2, 0.25) is 0 Å². The summed E-state index contributed by atoms with van der Waals surface area (Å²) in [5, 5.41) is 0. The van der Waals surface area contributed by atoms with Gasteiger partial charge in [-0.1, -0.05) is 15.9 Å². The van der Waals surface area contributed by atoms with E-state index in [2.05, 4.69) is 15.9 Å². The largest absolute Gasteiger partial charge is 0.338 e. The molecule has 1 aliphatic heterocycles. The first kappa shape index (κ1) is 17.5. The standard InChI is InChI=1S/C15H21BrN2O.ClH/c1-10-6-13(8-14(16)7-10)15(19)18-5-3-4-12(9-18)11(2)17;/h6-8,11-12H,3-5,9,17H2,1-2H3;1H. The molecule has 1 saturated heterocycles. The van der Waals surface area contributed by atoms with Crippen molar-refractivity contribution in [1.29, 1.82) is 0 Å². The molecule has 2 unspecified atom stereocenters. The van der Waals surface area contributed by atoms with E-state index < -0.39 is 0 Å². The summed E-state index contributed by atoms with van der Waals surface area (Å²) in [4.78, 5) is 14.5. The fourth-order valence-electron chi connectivity index (χ4n) is 2.67. The smallest absolute Gasteiger partial charge is 0.253 e. The predicted molar refractivity (Wildman–Crippen MR) is 88.4 cm³/mol. The highest BCUT2D eigenvalue weighted by Crippen LogP contribution is 2.22. The summed E-state index contributed by atoms with van der Waals surface area (Å²) in [5.74, 6) is 0.542. The number of likely N-dealkylation sites (tertiary alicyclic amines) is 1. The average Bonchev–Trinajstić information content (AvgIpc) is 2.37. The number of amides is 1. The van der Waals surface area contributed by atoms with Gasteiger partial charge >= 0.3 is 0 Å². The van der Waals surface area contributed by atoms with E-state index in [1.807, 2.05) is 36.9 Å². The molecule has 5 heteroatoms. The van der Waals surface area contributed by atoms with Gasteiger partial charge in [0.25, 0.3) is 5.91 Å². The molecule has 3 nitrogen and oxygen atoms in total. The number of rotatable bonds is 2. The molecule has 2 rings (SSSR count). The Kier molecular flexibility index (Phi) is 6.49. The molecule has 1 amide bonds. The molecular formula is C15H22BrClN2O. The monoisotopic (exact) mass is 360 g/mol. The van der Waals surface area contributed by atoms with Crippen molar-refractivity contribution in [2.24, 2.45) is 11.7 Å². The highest BCUT2D eigenvalue weighted by molar-refractivity contribution is 9.10. The van der Waals surface area contributed by atoms with Gasteiger partial charge in [0.15, 0.2) is 0 Å². The molecule has 0 spiro atoms. The van der Waals surface area contributed by atoms with E-state index in [0.29, 0.717) is 5.92 Å². The van der Waals surface area contributed by atoms with Gasteiger partial charge in [0.1, 0.15) is 0 Å². The molecule has 1 aromatic rings. The lowest BCUT2D eigenvalue weighted by Crippen LogP contribution is -2.45. The van der Waals surface area contributed by atoms with Crippen molar-refractivity contribution in [2.45, 2.75) is 32.7 Å². The van der Waals surface area contributed by atoms with Crippen LogP contribution in [0.15, 0.2) is 22.7 Å². The minimum absolute atomic E-state index is 0. The van der Waals surface area contributed by atoms with E-state index in [1.54, 1.807) is 0 Å². The van der Waals surface area contributed by atoms with Crippen molar-refractivity contribution in [3.05, 3.63) is 33.8 Å². The van der Waals surface area contributed by atoms with Crippen LogP contribution in [0.1, 0.15) is 35.7 Å². The molecule has 0 aliphatic carbocycles. The van der Waals surface area contributed by atoms with Gasteiger partial charge in [-0.15, -0.1) is 12.4 Å². The second-order valence-electron chi connectivity index (χ2n) is 5.53. The lowest BCUT2D eigenvalue weighted by molar-refractivity contribution is 0.0661. The topological polar surface area (TPSA) is 46.3 Å². The number of carbonyl (C=O) groups is 1. The highest BCUT2D eigenvalue weighted by Gasteiger charge is 2.26. The molecule has 2 atom stereocenters. The molecule has 112 valence electrons. The van der Waals surface area contributed by atoms with Crippen molar-refractivity contribution < 1.29 is 4.79 Å². The fourth-order valence-corrected chi connectivity index (χ4v) is 3.27. The van der Waals surface area contributed by atoms with E-state index >= 15 is 0 Å². The highest BCUT2D eigenvalue weighted by atomic mass is 79.9. The van der Waals surface area contributed by atoms with Gasteiger partial charge in [0, 0.05) is 29.2 Å². The zero-order chi connectivity index (χ0) is 14.0. The van der Waals surface area contributed by atoms with Gasteiger partial charge in [-0.05, 0) is 56.4 Å². The van der Waals surface area contributed by atoms with E-state index in [1.165, 1.54) is 0 Å². The summed E-state index contributed by atoms with van der Waals surface area (Å²) in [7, 11) is 0. The van der Waals surface area contributed by atoms with Crippen LogP contribution in [0.4, 0.5) is 0 Å². The summed E-state index contributed by atoms with van der Waals surface area (Å²) in [5.41, 5.74) is 7.83. The second kappa shape index (κ2) is 7.43. The van der Waals surface area contributed by atoms with Crippen molar-refractivity contribution >= 4 is 34.2 Å². The van der Waals surface area contributed by atoms with Crippen LogP contribution in [0.2, 0.25) is 0 Å². The molecule has 1 heterocycles. The van der Waals surface area contributed by atoms with Gasteiger partial charge in [-0.2, -0.15) is 0 Å². The van der Waals surface area contributed by atoms with Crippen LogP contribution in [0, 0.1) is 12.8 Å². The Balaban J connectivity index is 0.00000200. The van der Waals surface area contributed by atoms with Gasteiger partial charge in [-0.3, -0.25) is 4.79 Å². The number of benzene rings is 1. The van der Waals surface area contributed by atoms with E-state index in [4.69, 9.17) is 5.73 Å². The molecular weight excluding hydrogens is 340 g/mol. The molecule has 0 bridgehead atoms. The zero-order valence-corrected chi connectivity index (χ0v) is 14.3. The minimum atomic E-state index is 0. The quantitative estimate of drug-likeness (QED) is 0.878. The molecule has 0 aromatic heterocycles. The first-order valence-corrected chi connectivity index (χ1v) is 7.58. The summed E-state index contributed by atoms with van der Waals surface area (Å²) in [6, 6.07) is 6.00. The summed E-state index contributed by atoms with van der Waals surface area (Å²) < 4.78 is 0.955. The van der Waals surface area contributed by atoms with Crippen LogP contribution in [-0.2, 0) is 0 Å². The maximum absolute atomic E-state index is 12.5. The molecule has 0 saturated carbocycles. The van der Waals surface area contributed by atoms with Gasteiger partial charge in [0.05, 0.1) is 0 Å². The van der Waals surface area contributed by atoms with Crippen molar-refractivity contribution in [3.63, 3.8) is 0 Å². The summed E-state index contributed by atoms with van der Waals surface area (Å²) in [6.45, 7) is 5.65. The first-order valence-electron chi connectivity index (χ1n) is 6.79. The SMILES string of the molecule is Cc1cc(Br)cc(C(=O)N2CCCC(C(C)N)C2)c1.Cl. The van der Waals surface area contributed by atoms with Crippen LogP contribution in [0.3, 0.4) is 0 Å². The number of nitrogens with zero attached hydrogens (tertiary/aromatic N) is 1. The molecule has 2 N–H and O–H groups in total. The Hall–Kier alpha value is -0.580. The third kappa shape index (κ3) is 4.21. The van der Waals surface area contributed by atoms with Crippen LogP contribution < -0.4 is 5.73 Å². The number of hydrogen-bond acceptors (Lipinski definition) is 2. The van der Waals surface area contributed by atoms with Crippen LogP contribution in [-0.4, -0.2) is 29.9 Å². The lowest BCUT2D eigenvalue weighted by Gasteiger charge is -2.34. The number of carbonyl (C=O) groups excluding carboxylic acids is 1. The number of hydrogen-bond donors (Lipinski definition) is 1. The van der Waals surface area contributed by atoms with Gasteiger partial charge in [-0.25, -0.2) is 0 Å². The lowest BCUT2D eigenvalue weighted by atomic mass is 9.92. The number of aryl methyl sites for hydroxylation is 1. The molecule has 0 radical (unpaired) electrons. The van der Waals surface area contributed by atoms with E-state index in [9.17, 15) is 4.79 Å². The summed E-state index contributed by atoms with van der Waals surface area (Å²) >= 11 is 3.45. The van der Waals surface area contributed by atoms with Crippen LogP contribution >= 0.6 is 28.3 Å². The zero-order valence-electron chi connectivity index (χ0n) is 11.9.